The molecule has 3 saturated carbocycles. The highest BCUT2D eigenvalue weighted by molar-refractivity contribution is 5.68. The molecule has 0 saturated heterocycles. The van der Waals surface area contributed by atoms with Crippen molar-refractivity contribution in [2.45, 2.75) is 72.7 Å². The van der Waals surface area contributed by atoms with Gasteiger partial charge in [-0.25, -0.2) is 0 Å². The van der Waals surface area contributed by atoms with Gasteiger partial charge < -0.3 is 14.2 Å². The third-order valence-corrected chi connectivity index (χ3v) is 7.23. The minimum atomic E-state index is -0.850. The number of allylic oxidation sites excluding steroid dienone is 1. The van der Waals surface area contributed by atoms with Gasteiger partial charge in [0.1, 0.15) is 12.2 Å². The van der Waals surface area contributed by atoms with Crippen LogP contribution in [0.1, 0.15) is 54.4 Å². The molecule has 3 rings (SSSR count). The number of ether oxygens (including phenoxy) is 3. The number of hydrogen-bond acceptors (Lipinski definition) is 6. The fourth-order valence-electron chi connectivity index (χ4n) is 6.23. The lowest BCUT2D eigenvalue weighted by atomic mass is 9.66. The Morgan fingerprint density at radius 2 is 1.44 bits per heavy atom. The highest BCUT2D eigenvalue weighted by atomic mass is 16.6. The Morgan fingerprint density at radius 3 is 1.96 bits per heavy atom. The van der Waals surface area contributed by atoms with E-state index in [0.717, 1.165) is 18.4 Å². The van der Waals surface area contributed by atoms with Gasteiger partial charge in [0, 0.05) is 31.6 Å². The molecule has 0 heterocycles. The van der Waals surface area contributed by atoms with Crippen molar-refractivity contribution in [3.8, 4) is 0 Å². The molecule has 6 nitrogen and oxygen atoms in total. The smallest absolute Gasteiger partial charge is 0.303 e. The van der Waals surface area contributed by atoms with E-state index < -0.39 is 47.0 Å². The topological polar surface area (TPSA) is 78.9 Å². The second kappa shape index (κ2) is 6.35. The van der Waals surface area contributed by atoms with E-state index >= 15 is 0 Å². The van der Waals surface area contributed by atoms with Crippen molar-refractivity contribution >= 4 is 17.9 Å². The van der Waals surface area contributed by atoms with Crippen LogP contribution in [-0.4, -0.2) is 36.2 Å². The van der Waals surface area contributed by atoms with Crippen molar-refractivity contribution < 1.29 is 28.6 Å². The van der Waals surface area contributed by atoms with Gasteiger partial charge in [0.25, 0.3) is 0 Å². The highest BCUT2D eigenvalue weighted by Crippen LogP contribution is 2.71. The summed E-state index contributed by atoms with van der Waals surface area (Å²) in [7, 11) is 0. The molecule has 3 aliphatic carbocycles. The Balaban J connectivity index is 2.19. The van der Waals surface area contributed by atoms with Crippen molar-refractivity contribution in [3.63, 3.8) is 0 Å². The summed E-state index contributed by atoms with van der Waals surface area (Å²) in [6.45, 7) is 14.5. The summed E-state index contributed by atoms with van der Waals surface area (Å²) >= 11 is 0. The zero-order chi connectivity index (χ0) is 20.3. The maximum atomic E-state index is 12.0. The second-order valence-electron chi connectivity index (χ2n) is 9.20. The predicted molar refractivity (Wildman–Crippen MR) is 97.4 cm³/mol. The van der Waals surface area contributed by atoms with E-state index in [0.29, 0.717) is 5.92 Å². The Morgan fingerprint density at radius 1 is 0.926 bits per heavy atom. The Labute approximate surface area is 160 Å². The molecule has 6 heteroatoms. The van der Waals surface area contributed by atoms with Crippen molar-refractivity contribution in [3.05, 3.63) is 12.2 Å². The van der Waals surface area contributed by atoms with Gasteiger partial charge >= 0.3 is 17.9 Å². The number of carbonyl (C=O) groups excluding carboxylic acids is 3. The molecule has 3 aliphatic rings. The monoisotopic (exact) mass is 378 g/mol. The second-order valence-corrected chi connectivity index (χ2v) is 9.20. The number of carbonyl (C=O) groups is 3. The van der Waals surface area contributed by atoms with E-state index in [2.05, 4.69) is 13.5 Å². The molecule has 0 N–H and O–H groups in total. The number of rotatable bonds is 3. The highest BCUT2D eigenvalue weighted by Gasteiger charge is 2.71. The van der Waals surface area contributed by atoms with Gasteiger partial charge in [-0.3, -0.25) is 14.4 Å². The molecule has 7 atom stereocenters. The fourth-order valence-corrected chi connectivity index (χ4v) is 6.23. The summed E-state index contributed by atoms with van der Waals surface area (Å²) in [6.07, 6.45) is -0.406. The van der Waals surface area contributed by atoms with Crippen molar-refractivity contribution in [2.24, 2.45) is 28.6 Å². The maximum absolute atomic E-state index is 12.0. The predicted octanol–water partition coefficient (Wildman–Crippen LogP) is 3.04. The molecule has 0 radical (unpaired) electrons. The summed E-state index contributed by atoms with van der Waals surface area (Å²) < 4.78 is 17.2. The minimum Gasteiger partial charge on any atom is -0.458 e. The molecule has 0 unspecified atom stereocenters. The van der Waals surface area contributed by atoms with Crippen molar-refractivity contribution in [2.75, 3.05) is 0 Å². The first kappa shape index (κ1) is 19.9. The van der Waals surface area contributed by atoms with Crippen LogP contribution in [0.5, 0.6) is 0 Å². The van der Waals surface area contributed by atoms with E-state index in [1.807, 2.05) is 13.8 Å². The van der Waals surface area contributed by atoms with Gasteiger partial charge in [0.2, 0.25) is 0 Å². The van der Waals surface area contributed by atoms with Gasteiger partial charge in [-0.05, 0) is 30.6 Å². The molecule has 0 amide bonds. The third-order valence-electron chi connectivity index (χ3n) is 7.23. The summed E-state index contributed by atoms with van der Waals surface area (Å²) in [5, 5.41) is 0. The average Bonchev–Trinajstić information content (AvgIpc) is 2.93. The van der Waals surface area contributed by atoms with Crippen LogP contribution in [0.15, 0.2) is 12.2 Å². The summed E-state index contributed by atoms with van der Waals surface area (Å²) in [6, 6.07) is 0. The summed E-state index contributed by atoms with van der Waals surface area (Å²) in [5.74, 6) is -0.748. The largest absolute Gasteiger partial charge is 0.458 e. The molecular formula is C21H30O6. The van der Waals surface area contributed by atoms with Crippen LogP contribution in [-0.2, 0) is 28.6 Å². The zero-order valence-electron chi connectivity index (χ0n) is 17.0. The molecule has 150 valence electrons. The minimum absolute atomic E-state index is 0.125. The van der Waals surface area contributed by atoms with Gasteiger partial charge in [-0.15, -0.1) is 0 Å². The Bertz CT molecular complexity index is 695. The lowest BCUT2D eigenvalue weighted by molar-refractivity contribution is -0.206. The molecule has 0 spiro atoms. The van der Waals surface area contributed by atoms with Crippen LogP contribution in [0.25, 0.3) is 0 Å². The van der Waals surface area contributed by atoms with Gasteiger partial charge in [-0.1, -0.05) is 32.9 Å². The van der Waals surface area contributed by atoms with Gasteiger partial charge in [0.05, 0.1) is 0 Å². The van der Waals surface area contributed by atoms with E-state index in [1.54, 1.807) is 0 Å². The molecule has 3 fully saturated rings. The normalized spacial score (nSPS) is 41.6. The van der Waals surface area contributed by atoms with Crippen LogP contribution < -0.4 is 0 Å². The fraction of sp³-hybridized carbons (Fsp3) is 0.762. The average molecular weight is 378 g/mol. The van der Waals surface area contributed by atoms with Crippen LogP contribution in [0.2, 0.25) is 0 Å². The van der Waals surface area contributed by atoms with Crippen LogP contribution in [0.4, 0.5) is 0 Å². The van der Waals surface area contributed by atoms with E-state index in [4.69, 9.17) is 14.2 Å². The molecule has 0 aromatic carbocycles. The molecule has 27 heavy (non-hydrogen) atoms. The molecular weight excluding hydrogens is 348 g/mol. The number of hydrogen-bond donors (Lipinski definition) is 0. The summed E-state index contributed by atoms with van der Waals surface area (Å²) in [5.41, 5.74) is 0.277. The van der Waals surface area contributed by atoms with Gasteiger partial charge in [0.15, 0.2) is 6.10 Å². The standard InChI is InChI=1S/C21H30O6/c1-10-8-14-9-15-16(10)21(14,7)19(27-13(4)24)17(25-11(2)22)18(20(15,5)6)26-12(3)23/h14-19H,1,8-9H2,2-7H3/t14-,15-,16+,17-,18-,19-,21-/m1/s1. The first-order valence-corrected chi connectivity index (χ1v) is 9.60. The maximum Gasteiger partial charge on any atom is 0.303 e. The first-order valence-electron chi connectivity index (χ1n) is 9.60. The molecule has 0 aromatic rings. The first-order chi connectivity index (χ1) is 12.4. The van der Waals surface area contributed by atoms with Crippen LogP contribution >= 0.6 is 0 Å². The van der Waals surface area contributed by atoms with Crippen molar-refractivity contribution in [1.29, 1.82) is 0 Å². The lowest BCUT2D eigenvalue weighted by Crippen LogP contribution is -2.56. The Hall–Kier alpha value is -1.85. The SMILES string of the molecule is C=C1C[C@@H]2C[C@@H]3[C@H]1[C@]2(C)[C@H](OC(C)=O)[C@H](OC(C)=O)[C@@H](OC(C)=O)C3(C)C. The molecule has 4 bridgehead atoms. The quantitative estimate of drug-likeness (QED) is 0.427. The van der Waals surface area contributed by atoms with E-state index in [-0.39, 0.29) is 11.8 Å². The number of esters is 3. The van der Waals surface area contributed by atoms with Crippen molar-refractivity contribution in [1.82, 2.24) is 0 Å². The zero-order valence-corrected chi connectivity index (χ0v) is 17.0. The Kier molecular flexibility index (Phi) is 4.68. The lowest BCUT2D eigenvalue weighted by Gasteiger charge is -2.45. The third kappa shape index (κ3) is 2.88. The van der Waals surface area contributed by atoms with Gasteiger partial charge in [-0.2, -0.15) is 0 Å². The molecule has 0 aromatic heterocycles. The van der Waals surface area contributed by atoms with Crippen LogP contribution in [0, 0.1) is 28.6 Å². The van der Waals surface area contributed by atoms with E-state index in [1.165, 1.54) is 20.8 Å². The van der Waals surface area contributed by atoms with Crippen LogP contribution in [0.3, 0.4) is 0 Å². The van der Waals surface area contributed by atoms with E-state index in [9.17, 15) is 14.4 Å². The molecule has 0 aliphatic heterocycles. The summed E-state index contributed by atoms with van der Waals surface area (Å²) in [4.78, 5) is 35.8.